The Kier molecular flexibility index (Phi) is 5.65. The summed E-state index contributed by atoms with van der Waals surface area (Å²) < 4.78 is 5.28. The normalized spacial score (nSPS) is 13.3. The molecule has 2 amide bonds. The number of nitrogens with zero attached hydrogens (tertiary/aromatic N) is 2. The summed E-state index contributed by atoms with van der Waals surface area (Å²) in [6.07, 6.45) is 1.95. The molecule has 140 valence electrons. The van der Waals surface area contributed by atoms with E-state index in [0.717, 1.165) is 12.8 Å². The lowest BCUT2D eigenvalue weighted by molar-refractivity contribution is -0.385. The second-order valence-electron chi connectivity index (χ2n) is 6.11. The maximum Gasteiger partial charge on any atom is 0.310 e. The average molecular weight is 369 g/mol. The number of hydrogen-bond acceptors (Lipinski definition) is 5. The number of likely N-dealkylation sites (tertiary alicyclic amines) is 1. The summed E-state index contributed by atoms with van der Waals surface area (Å²) in [5.74, 6) is -0.614. The zero-order chi connectivity index (χ0) is 19.2. The molecule has 0 aromatic heterocycles. The number of anilines is 1. The highest BCUT2D eigenvalue weighted by atomic mass is 16.6. The van der Waals surface area contributed by atoms with Crippen LogP contribution in [0.5, 0.6) is 5.75 Å². The van der Waals surface area contributed by atoms with E-state index in [1.165, 1.54) is 18.2 Å². The van der Waals surface area contributed by atoms with Crippen molar-refractivity contribution in [1.29, 1.82) is 0 Å². The van der Waals surface area contributed by atoms with Gasteiger partial charge in [-0.1, -0.05) is 24.3 Å². The molecule has 1 fully saturated rings. The minimum atomic E-state index is -0.572. The van der Waals surface area contributed by atoms with Crippen LogP contribution in [0.25, 0.3) is 0 Å². The minimum Gasteiger partial charge on any atom is -0.477 e. The SMILES string of the molecule is O=C(COc1ccccc1[N+](=O)[O-])Nc1ccccc1C(=O)N1CCCC1. The van der Waals surface area contributed by atoms with Crippen molar-refractivity contribution < 1.29 is 19.2 Å². The smallest absolute Gasteiger partial charge is 0.310 e. The van der Waals surface area contributed by atoms with Crippen LogP contribution in [0.2, 0.25) is 0 Å². The summed E-state index contributed by atoms with van der Waals surface area (Å²) in [7, 11) is 0. The third-order valence-corrected chi connectivity index (χ3v) is 4.25. The van der Waals surface area contributed by atoms with Crippen molar-refractivity contribution in [3.63, 3.8) is 0 Å². The summed E-state index contributed by atoms with van der Waals surface area (Å²) in [4.78, 5) is 37.0. The highest BCUT2D eigenvalue weighted by molar-refractivity contribution is 6.04. The molecule has 0 spiro atoms. The summed E-state index contributed by atoms with van der Waals surface area (Å²) in [5, 5.41) is 13.6. The van der Waals surface area contributed by atoms with Crippen LogP contribution in [-0.4, -0.2) is 41.3 Å². The van der Waals surface area contributed by atoms with Crippen LogP contribution < -0.4 is 10.1 Å². The van der Waals surface area contributed by atoms with Gasteiger partial charge in [-0.3, -0.25) is 19.7 Å². The van der Waals surface area contributed by atoms with E-state index in [1.54, 1.807) is 35.2 Å². The van der Waals surface area contributed by atoms with Gasteiger partial charge in [0.15, 0.2) is 12.4 Å². The lowest BCUT2D eigenvalue weighted by Crippen LogP contribution is -2.29. The highest BCUT2D eigenvalue weighted by Crippen LogP contribution is 2.26. The van der Waals surface area contributed by atoms with Gasteiger partial charge in [-0.25, -0.2) is 0 Å². The fourth-order valence-electron chi connectivity index (χ4n) is 2.93. The Balaban J connectivity index is 1.67. The molecule has 2 aromatic rings. The molecular formula is C19H19N3O5. The van der Waals surface area contributed by atoms with Crippen molar-refractivity contribution in [3.05, 3.63) is 64.2 Å². The van der Waals surface area contributed by atoms with Gasteiger partial charge in [0.1, 0.15) is 0 Å². The number of para-hydroxylation sites is 3. The third kappa shape index (κ3) is 4.41. The quantitative estimate of drug-likeness (QED) is 0.623. The summed E-state index contributed by atoms with van der Waals surface area (Å²) >= 11 is 0. The molecule has 0 atom stereocenters. The predicted molar refractivity (Wildman–Crippen MR) is 98.8 cm³/mol. The molecule has 0 aliphatic carbocycles. The molecular weight excluding hydrogens is 350 g/mol. The Labute approximate surface area is 155 Å². The van der Waals surface area contributed by atoms with Crippen LogP contribution in [0.4, 0.5) is 11.4 Å². The number of carbonyl (C=O) groups excluding carboxylic acids is 2. The minimum absolute atomic E-state index is 0.0130. The van der Waals surface area contributed by atoms with Gasteiger partial charge in [0.05, 0.1) is 16.2 Å². The summed E-state index contributed by atoms with van der Waals surface area (Å²) in [6, 6.07) is 12.6. The lowest BCUT2D eigenvalue weighted by Gasteiger charge is -2.18. The molecule has 0 bridgehead atoms. The molecule has 0 unspecified atom stereocenters. The molecule has 8 nitrogen and oxygen atoms in total. The van der Waals surface area contributed by atoms with Crippen molar-refractivity contribution in [1.82, 2.24) is 4.90 Å². The molecule has 27 heavy (non-hydrogen) atoms. The maximum absolute atomic E-state index is 12.6. The molecule has 0 radical (unpaired) electrons. The number of ether oxygens (including phenoxy) is 1. The van der Waals surface area contributed by atoms with Crippen molar-refractivity contribution in [2.24, 2.45) is 0 Å². The molecule has 3 rings (SSSR count). The number of carbonyl (C=O) groups is 2. The molecule has 1 aliphatic heterocycles. The first-order chi connectivity index (χ1) is 13.1. The first kappa shape index (κ1) is 18.4. The Morgan fingerprint density at radius 3 is 2.48 bits per heavy atom. The first-order valence-electron chi connectivity index (χ1n) is 8.60. The standard InChI is InChI=1S/C19H19N3O5/c23-18(13-27-17-10-4-3-9-16(17)22(25)26)20-15-8-2-1-7-14(15)19(24)21-11-5-6-12-21/h1-4,7-10H,5-6,11-13H2,(H,20,23). The van der Waals surface area contributed by atoms with E-state index >= 15 is 0 Å². The maximum atomic E-state index is 12.6. The van der Waals surface area contributed by atoms with Gasteiger partial charge in [0.25, 0.3) is 11.8 Å². The fourth-order valence-corrected chi connectivity index (χ4v) is 2.93. The van der Waals surface area contributed by atoms with Gasteiger partial charge in [-0.15, -0.1) is 0 Å². The van der Waals surface area contributed by atoms with E-state index < -0.39 is 17.4 Å². The van der Waals surface area contributed by atoms with Gasteiger partial charge in [0.2, 0.25) is 0 Å². The third-order valence-electron chi connectivity index (χ3n) is 4.25. The molecule has 0 saturated carbocycles. The Morgan fingerprint density at radius 2 is 1.74 bits per heavy atom. The van der Waals surface area contributed by atoms with Crippen LogP contribution in [0.1, 0.15) is 23.2 Å². The molecule has 1 N–H and O–H groups in total. The Bertz CT molecular complexity index is 862. The van der Waals surface area contributed by atoms with Gasteiger partial charge >= 0.3 is 5.69 Å². The number of nitrogens with one attached hydrogen (secondary N) is 1. The van der Waals surface area contributed by atoms with E-state index in [9.17, 15) is 19.7 Å². The van der Waals surface area contributed by atoms with Crippen LogP contribution in [0.15, 0.2) is 48.5 Å². The van der Waals surface area contributed by atoms with E-state index in [4.69, 9.17) is 4.74 Å². The van der Waals surface area contributed by atoms with Crippen LogP contribution >= 0.6 is 0 Å². The van der Waals surface area contributed by atoms with Crippen molar-refractivity contribution in [3.8, 4) is 5.75 Å². The van der Waals surface area contributed by atoms with E-state index in [0.29, 0.717) is 24.3 Å². The van der Waals surface area contributed by atoms with Crippen LogP contribution in [-0.2, 0) is 4.79 Å². The molecule has 1 saturated heterocycles. The largest absolute Gasteiger partial charge is 0.477 e. The Hall–Kier alpha value is -3.42. The van der Waals surface area contributed by atoms with Crippen LogP contribution in [0, 0.1) is 10.1 Å². The van der Waals surface area contributed by atoms with Crippen molar-refractivity contribution >= 4 is 23.2 Å². The van der Waals surface area contributed by atoms with Crippen molar-refractivity contribution in [2.75, 3.05) is 25.0 Å². The predicted octanol–water partition coefficient (Wildman–Crippen LogP) is 2.85. The molecule has 2 aromatic carbocycles. The molecule has 1 aliphatic rings. The second kappa shape index (κ2) is 8.31. The van der Waals surface area contributed by atoms with E-state index in [1.807, 2.05) is 0 Å². The zero-order valence-electron chi connectivity index (χ0n) is 14.6. The number of benzene rings is 2. The fraction of sp³-hybridized carbons (Fsp3) is 0.263. The van der Waals surface area contributed by atoms with Gasteiger partial charge in [-0.2, -0.15) is 0 Å². The lowest BCUT2D eigenvalue weighted by atomic mass is 10.1. The summed E-state index contributed by atoms with van der Waals surface area (Å²) in [6.45, 7) is 1.01. The number of amides is 2. The number of rotatable bonds is 6. The van der Waals surface area contributed by atoms with E-state index in [2.05, 4.69) is 5.32 Å². The van der Waals surface area contributed by atoms with Gasteiger partial charge in [-0.05, 0) is 31.0 Å². The van der Waals surface area contributed by atoms with Crippen molar-refractivity contribution in [2.45, 2.75) is 12.8 Å². The highest BCUT2D eigenvalue weighted by Gasteiger charge is 2.22. The Morgan fingerprint density at radius 1 is 1.07 bits per heavy atom. The van der Waals surface area contributed by atoms with E-state index in [-0.39, 0.29) is 17.3 Å². The van der Waals surface area contributed by atoms with Gasteiger partial charge in [0, 0.05) is 19.2 Å². The molecule has 8 heteroatoms. The number of nitro benzene ring substituents is 1. The number of nitro groups is 1. The monoisotopic (exact) mass is 369 g/mol. The zero-order valence-corrected chi connectivity index (χ0v) is 14.6. The van der Waals surface area contributed by atoms with Gasteiger partial charge < -0.3 is 15.0 Å². The second-order valence-corrected chi connectivity index (χ2v) is 6.11. The summed E-state index contributed by atoms with van der Waals surface area (Å²) in [5.41, 5.74) is 0.596. The van der Waals surface area contributed by atoms with Crippen LogP contribution in [0.3, 0.4) is 0 Å². The first-order valence-corrected chi connectivity index (χ1v) is 8.60. The average Bonchev–Trinajstić information content (AvgIpc) is 3.21. The molecule has 1 heterocycles. The topological polar surface area (TPSA) is 102 Å². The number of hydrogen-bond donors (Lipinski definition) is 1.